The second kappa shape index (κ2) is 8.15. The molecule has 0 aromatic heterocycles. The number of rotatable bonds is 8. The Balaban J connectivity index is 1.97. The van der Waals surface area contributed by atoms with Gasteiger partial charge in [0.05, 0.1) is 6.04 Å². The van der Waals surface area contributed by atoms with Crippen LogP contribution in [0.25, 0.3) is 0 Å². The fourth-order valence-electron chi connectivity index (χ4n) is 3.07. The van der Waals surface area contributed by atoms with E-state index in [1.165, 1.54) is 0 Å². The minimum atomic E-state index is -1.02. The highest BCUT2D eigenvalue weighted by atomic mass is 16.5. The molecule has 0 heterocycles. The third kappa shape index (κ3) is 4.47. The third-order valence-corrected chi connectivity index (χ3v) is 4.34. The fraction of sp³-hybridized carbons (Fsp3) is 0.556. The number of nitrogens with one attached hydrogen (secondary N) is 1. The normalized spacial score (nSPS) is 17.2. The van der Waals surface area contributed by atoms with Crippen LogP contribution in [-0.4, -0.2) is 35.8 Å². The van der Waals surface area contributed by atoms with E-state index in [2.05, 4.69) is 5.32 Å². The summed E-state index contributed by atoms with van der Waals surface area (Å²) >= 11 is 0. The lowest BCUT2D eigenvalue weighted by Crippen LogP contribution is -2.47. The molecule has 0 saturated heterocycles. The van der Waals surface area contributed by atoms with E-state index in [4.69, 9.17) is 14.6 Å². The Hall–Kier alpha value is -2.08. The van der Waals surface area contributed by atoms with E-state index in [1.54, 1.807) is 12.1 Å². The lowest BCUT2D eigenvalue weighted by Gasteiger charge is -2.29. The Labute approximate surface area is 142 Å². The summed E-state index contributed by atoms with van der Waals surface area (Å²) in [5.41, 5.74) is 0.240. The molecule has 1 aliphatic carbocycles. The van der Waals surface area contributed by atoms with E-state index in [1.807, 2.05) is 26.0 Å². The Morgan fingerprint density at radius 3 is 2.42 bits per heavy atom. The molecule has 1 unspecified atom stereocenters. The maximum Gasteiger partial charge on any atom is 0.341 e. The second-order valence-electron chi connectivity index (χ2n) is 6.08. The quantitative estimate of drug-likeness (QED) is 0.763. The van der Waals surface area contributed by atoms with Crippen molar-refractivity contribution in [1.82, 2.24) is 5.32 Å². The average molecular weight is 335 g/mol. The van der Waals surface area contributed by atoms with Crippen molar-refractivity contribution in [3.63, 3.8) is 0 Å². The maximum atomic E-state index is 12.7. The molecule has 132 valence electrons. The van der Waals surface area contributed by atoms with Crippen LogP contribution in [0.5, 0.6) is 5.75 Å². The molecule has 1 aliphatic rings. The van der Waals surface area contributed by atoms with E-state index >= 15 is 0 Å². The average Bonchev–Trinajstić information content (AvgIpc) is 3.03. The first-order valence-electron chi connectivity index (χ1n) is 8.36. The predicted molar refractivity (Wildman–Crippen MR) is 89.0 cm³/mol. The van der Waals surface area contributed by atoms with Gasteiger partial charge in [0.15, 0.2) is 6.61 Å². The van der Waals surface area contributed by atoms with Crippen LogP contribution in [0.3, 0.4) is 0 Å². The van der Waals surface area contributed by atoms with Crippen LogP contribution in [0, 0.1) is 0 Å². The molecular formula is C18H25NO5. The number of hydrogen-bond donors (Lipinski definition) is 2. The summed E-state index contributed by atoms with van der Waals surface area (Å²) in [6.45, 7) is 3.98. The van der Waals surface area contributed by atoms with Crippen molar-refractivity contribution in [2.24, 2.45) is 0 Å². The van der Waals surface area contributed by atoms with Gasteiger partial charge in [-0.1, -0.05) is 12.1 Å². The molecule has 1 fully saturated rings. The highest BCUT2D eigenvalue weighted by molar-refractivity contribution is 5.85. The number of carboxylic acids is 1. The van der Waals surface area contributed by atoms with Crippen molar-refractivity contribution in [1.29, 1.82) is 0 Å². The summed E-state index contributed by atoms with van der Waals surface area (Å²) in [5, 5.41) is 11.6. The van der Waals surface area contributed by atoms with Gasteiger partial charge in [-0.3, -0.25) is 4.79 Å². The number of hydrogen-bond acceptors (Lipinski definition) is 4. The first-order chi connectivity index (χ1) is 11.5. The van der Waals surface area contributed by atoms with Crippen molar-refractivity contribution >= 4 is 11.9 Å². The fourth-order valence-corrected chi connectivity index (χ4v) is 3.07. The molecule has 24 heavy (non-hydrogen) atoms. The van der Waals surface area contributed by atoms with E-state index in [0.717, 1.165) is 31.2 Å². The predicted octanol–water partition coefficient (Wildman–Crippen LogP) is 2.68. The van der Waals surface area contributed by atoms with Crippen LogP contribution in [0.1, 0.15) is 51.1 Å². The van der Waals surface area contributed by atoms with E-state index in [-0.39, 0.29) is 18.6 Å². The number of aliphatic carboxylic acids is 1. The lowest BCUT2D eigenvalue weighted by molar-refractivity contribution is -0.146. The molecule has 0 spiro atoms. The van der Waals surface area contributed by atoms with Crippen LogP contribution in [0.15, 0.2) is 24.3 Å². The summed E-state index contributed by atoms with van der Waals surface area (Å²) in [4.78, 5) is 23.2. The molecule has 1 aromatic rings. The molecule has 1 amide bonds. The molecule has 1 aromatic carbocycles. The molecule has 2 rings (SSSR count). The van der Waals surface area contributed by atoms with Crippen LogP contribution >= 0.6 is 0 Å². The Morgan fingerprint density at radius 1 is 1.25 bits per heavy atom. The molecular weight excluding hydrogens is 310 g/mol. The number of ether oxygens (including phenoxy) is 2. The van der Waals surface area contributed by atoms with Crippen molar-refractivity contribution in [3.8, 4) is 5.75 Å². The van der Waals surface area contributed by atoms with Gasteiger partial charge in [0, 0.05) is 6.61 Å². The Bertz CT molecular complexity index is 563. The molecule has 1 saturated carbocycles. The van der Waals surface area contributed by atoms with E-state index in [9.17, 15) is 9.59 Å². The van der Waals surface area contributed by atoms with Gasteiger partial charge in [-0.15, -0.1) is 0 Å². The minimum absolute atomic E-state index is 0.0550. The van der Waals surface area contributed by atoms with Crippen molar-refractivity contribution in [2.45, 2.75) is 51.2 Å². The summed E-state index contributed by atoms with van der Waals surface area (Å²) < 4.78 is 10.9. The van der Waals surface area contributed by atoms with Crippen molar-refractivity contribution < 1.29 is 24.2 Å². The topological polar surface area (TPSA) is 84.9 Å². The molecule has 0 aliphatic heterocycles. The number of carboxylic acid groups (broad SMARTS) is 1. The van der Waals surface area contributed by atoms with Crippen LogP contribution in [0.2, 0.25) is 0 Å². The molecule has 0 bridgehead atoms. The van der Waals surface area contributed by atoms with Gasteiger partial charge >= 0.3 is 5.97 Å². The summed E-state index contributed by atoms with van der Waals surface area (Å²) in [6.07, 6.45) is 3.55. The molecule has 6 heteroatoms. The van der Waals surface area contributed by atoms with E-state index < -0.39 is 11.6 Å². The monoisotopic (exact) mass is 335 g/mol. The Morgan fingerprint density at radius 2 is 1.88 bits per heavy atom. The molecule has 0 radical (unpaired) electrons. The first-order valence-corrected chi connectivity index (χ1v) is 8.36. The standard InChI is InChI=1S/C18H25NO5/c1-3-24-18(10-4-5-11-18)17(22)19-13(2)14-6-8-15(9-7-14)23-12-16(20)21/h6-9,13H,3-5,10-12H2,1-2H3,(H,19,22)(H,20,21). The smallest absolute Gasteiger partial charge is 0.341 e. The van der Waals surface area contributed by atoms with Gasteiger partial charge in [0.2, 0.25) is 0 Å². The highest BCUT2D eigenvalue weighted by Crippen LogP contribution is 2.34. The third-order valence-electron chi connectivity index (χ3n) is 4.34. The number of benzene rings is 1. The lowest BCUT2D eigenvalue weighted by atomic mass is 9.99. The van der Waals surface area contributed by atoms with Crippen LogP contribution in [-0.2, 0) is 14.3 Å². The number of carbonyl (C=O) groups is 2. The van der Waals surface area contributed by atoms with Crippen LogP contribution in [0.4, 0.5) is 0 Å². The molecule has 1 atom stereocenters. The number of amides is 1. The van der Waals surface area contributed by atoms with Crippen LogP contribution < -0.4 is 10.1 Å². The maximum absolute atomic E-state index is 12.7. The Kier molecular flexibility index (Phi) is 6.20. The van der Waals surface area contributed by atoms with E-state index in [0.29, 0.717) is 12.4 Å². The summed E-state index contributed by atoms with van der Waals surface area (Å²) in [6, 6.07) is 6.89. The largest absolute Gasteiger partial charge is 0.482 e. The van der Waals surface area contributed by atoms with Gasteiger partial charge in [0.25, 0.3) is 5.91 Å². The zero-order valence-electron chi connectivity index (χ0n) is 14.2. The minimum Gasteiger partial charge on any atom is -0.482 e. The molecule has 6 nitrogen and oxygen atoms in total. The SMILES string of the molecule is CCOC1(C(=O)NC(C)c2ccc(OCC(=O)O)cc2)CCCC1. The van der Waals surface area contributed by atoms with Gasteiger partial charge in [-0.2, -0.15) is 0 Å². The zero-order valence-corrected chi connectivity index (χ0v) is 14.2. The molecule has 2 N–H and O–H groups in total. The van der Waals surface area contributed by atoms with Crippen molar-refractivity contribution in [3.05, 3.63) is 29.8 Å². The van der Waals surface area contributed by atoms with Gasteiger partial charge in [-0.05, 0) is 57.2 Å². The van der Waals surface area contributed by atoms with Crippen molar-refractivity contribution in [2.75, 3.05) is 13.2 Å². The first kappa shape index (κ1) is 18.3. The zero-order chi connectivity index (χ0) is 17.6. The van der Waals surface area contributed by atoms with Gasteiger partial charge in [-0.25, -0.2) is 4.79 Å². The second-order valence-corrected chi connectivity index (χ2v) is 6.08. The summed E-state index contributed by atoms with van der Waals surface area (Å²) in [7, 11) is 0. The van der Waals surface area contributed by atoms with Gasteiger partial charge < -0.3 is 19.9 Å². The number of carbonyl (C=O) groups excluding carboxylic acids is 1. The van der Waals surface area contributed by atoms with Gasteiger partial charge in [0.1, 0.15) is 11.4 Å². The summed E-state index contributed by atoms with van der Waals surface area (Å²) in [5.74, 6) is -0.584. The highest BCUT2D eigenvalue weighted by Gasteiger charge is 2.42.